The number of carbonyl (C=O) groups excluding carboxylic acids is 1. The van der Waals surface area contributed by atoms with Gasteiger partial charge in [-0.25, -0.2) is 24.1 Å². The van der Waals surface area contributed by atoms with Crippen molar-refractivity contribution in [1.82, 2.24) is 24.4 Å². The van der Waals surface area contributed by atoms with E-state index in [0.29, 0.717) is 41.5 Å². The van der Waals surface area contributed by atoms with E-state index in [-0.39, 0.29) is 53.6 Å². The Morgan fingerprint density at radius 1 is 1.04 bits per heavy atom. The van der Waals surface area contributed by atoms with Crippen molar-refractivity contribution in [3.63, 3.8) is 0 Å². The summed E-state index contributed by atoms with van der Waals surface area (Å²) >= 11 is 0. The molecule has 2 aromatic carbocycles. The number of nitrogens with zero attached hydrogens (tertiary/aromatic N) is 6. The molecule has 2 unspecified atom stereocenters. The molecule has 0 spiro atoms. The van der Waals surface area contributed by atoms with Gasteiger partial charge >= 0.3 is 18.7 Å². The van der Waals surface area contributed by atoms with Crippen molar-refractivity contribution in [1.29, 1.82) is 0 Å². The fourth-order valence-electron chi connectivity index (χ4n) is 7.24. The maximum absolute atomic E-state index is 15.6. The zero-order valence-electron chi connectivity index (χ0n) is 24.1. The van der Waals surface area contributed by atoms with E-state index in [2.05, 4.69) is 19.9 Å². The summed E-state index contributed by atoms with van der Waals surface area (Å²) in [6.07, 6.45) is 3.76. The number of piperidine rings is 1. The first kappa shape index (κ1) is 28.9. The van der Waals surface area contributed by atoms with Gasteiger partial charge in [0.15, 0.2) is 0 Å². The molecule has 4 atom stereocenters. The van der Waals surface area contributed by atoms with Crippen LogP contribution in [-0.4, -0.2) is 74.9 Å². The van der Waals surface area contributed by atoms with E-state index in [1.165, 1.54) is 19.2 Å². The van der Waals surface area contributed by atoms with Crippen molar-refractivity contribution in [2.75, 3.05) is 31.6 Å². The Bertz CT molecular complexity index is 1770. The summed E-state index contributed by atoms with van der Waals surface area (Å²) in [5.74, 6) is 0.201. The third kappa shape index (κ3) is 5.07. The van der Waals surface area contributed by atoms with Gasteiger partial charge in [-0.05, 0) is 36.8 Å². The van der Waals surface area contributed by atoms with E-state index >= 15 is 4.39 Å². The second-order valence-electron chi connectivity index (χ2n) is 11.6. The molecule has 11 nitrogen and oxygen atoms in total. The summed E-state index contributed by atoms with van der Waals surface area (Å²) in [4.78, 5) is 41.1. The average molecular weight is 623 g/mol. The number of halogens is 3. The van der Waals surface area contributed by atoms with Crippen molar-refractivity contribution in [3.8, 4) is 16.9 Å². The van der Waals surface area contributed by atoms with Crippen molar-refractivity contribution >= 4 is 29.0 Å². The Morgan fingerprint density at radius 2 is 1.76 bits per heavy atom. The molecule has 234 valence electrons. The number of alkyl halides is 2. The topological polar surface area (TPSA) is 123 Å². The van der Waals surface area contributed by atoms with Crippen LogP contribution in [0, 0.1) is 23.6 Å². The van der Waals surface area contributed by atoms with E-state index in [9.17, 15) is 23.5 Å². The monoisotopic (exact) mass is 622 g/mol. The van der Waals surface area contributed by atoms with Gasteiger partial charge in [-0.1, -0.05) is 18.2 Å². The molecular formula is C31H29F3N6O5. The molecule has 3 aliphatic rings. The van der Waals surface area contributed by atoms with Crippen LogP contribution in [0.5, 0.6) is 5.75 Å². The molecule has 1 saturated heterocycles. The largest absolute Gasteiger partial charge is 0.469 e. The first-order chi connectivity index (χ1) is 21.7. The molecule has 1 aliphatic carbocycles. The number of amides is 1. The van der Waals surface area contributed by atoms with Gasteiger partial charge in [0, 0.05) is 54.8 Å². The number of hydrogen-bond donors (Lipinski definition) is 1. The number of para-hydroxylation sites is 1. The highest BCUT2D eigenvalue weighted by atomic mass is 19.3. The Kier molecular flexibility index (Phi) is 7.21. The van der Waals surface area contributed by atoms with Crippen LogP contribution in [0.2, 0.25) is 0 Å². The van der Waals surface area contributed by atoms with E-state index in [0.717, 1.165) is 17.7 Å². The lowest BCUT2D eigenvalue weighted by Gasteiger charge is -2.36. The van der Waals surface area contributed by atoms with Crippen LogP contribution in [0.15, 0.2) is 48.8 Å². The molecule has 7 rings (SSSR count). The van der Waals surface area contributed by atoms with Crippen LogP contribution in [0.25, 0.3) is 22.2 Å². The van der Waals surface area contributed by atoms with Gasteiger partial charge in [0.05, 0.1) is 36.6 Å². The summed E-state index contributed by atoms with van der Waals surface area (Å²) < 4.78 is 53.7. The van der Waals surface area contributed by atoms with Gasteiger partial charge in [0.1, 0.15) is 17.4 Å². The third-order valence-corrected chi connectivity index (χ3v) is 9.19. The molecule has 0 radical (unpaired) electrons. The Morgan fingerprint density at radius 3 is 2.42 bits per heavy atom. The second kappa shape index (κ2) is 11.2. The lowest BCUT2D eigenvalue weighted by atomic mass is 9.85. The molecule has 2 aliphatic heterocycles. The Hall–Kier alpha value is -4.88. The highest BCUT2D eigenvalue weighted by Gasteiger charge is 2.47. The third-order valence-electron chi connectivity index (χ3n) is 9.19. The number of fused-ring (bicyclic) bond motifs is 5. The number of esters is 1. The highest BCUT2D eigenvalue weighted by Crippen LogP contribution is 2.43. The minimum atomic E-state index is -3.08. The van der Waals surface area contributed by atoms with Gasteiger partial charge in [-0.15, -0.1) is 0 Å². The quantitative estimate of drug-likeness (QED) is 0.298. The van der Waals surface area contributed by atoms with Crippen LogP contribution in [0.3, 0.4) is 0 Å². The van der Waals surface area contributed by atoms with Crippen molar-refractivity contribution in [2.24, 2.45) is 17.8 Å². The zero-order valence-corrected chi connectivity index (χ0v) is 24.1. The fraction of sp³-hybridized carbons (Fsp3) is 0.387. The van der Waals surface area contributed by atoms with Crippen LogP contribution >= 0.6 is 0 Å². The van der Waals surface area contributed by atoms with Crippen molar-refractivity contribution in [3.05, 3.63) is 66.0 Å². The van der Waals surface area contributed by atoms with Gasteiger partial charge in [-0.3, -0.25) is 9.69 Å². The number of benzene rings is 2. The van der Waals surface area contributed by atoms with Gasteiger partial charge in [0.2, 0.25) is 5.95 Å². The first-order valence-electron chi connectivity index (χ1n) is 14.6. The summed E-state index contributed by atoms with van der Waals surface area (Å²) in [5.41, 5.74) is 1.75. The van der Waals surface area contributed by atoms with Gasteiger partial charge in [-0.2, -0.15) is 8.78 Å². The Labute approximate surface area is 255 Å². The number of methoxy groups -OCH3 is 1. The molecular weight excluding hydrogens is 593 g/mol. The standard InChI is InChI=1S/C31H29F3N6O5/c1-44-28(41)27-16-6-7-17(27)13-38(12-16)30-35-10-18(11-36-30)20-8-23-22(9-21(20)32)37-26-15-39(31(42)43)14-24(40(23)26)19-4-2-3-5-25(19)45-29(33)34/h2-5,8-11,16-17,24,27,29H,6-7,12-15H2,1H3,(H,42,43)/t16-,17+,24?,27?. The summed E-state index contributed by atoms with van der Waals surface area (Å²) in [5, 5.41) is 9.79. The summed E-state index contributed by atoms with van der Waals surface area (Å²) in [6.45, 7) is -1.95. The first-order valence-corrected chi connectivity index (χ1v) is 14.6. The summed E-state index contributed by atoms with van der Waals surface area (Å²) in [6, 6.07) is 8.29. The number of aromatic nitrogens is 4. The molecule has 2 fully saturated rings. The van der Waals surface area contributed by atoms with Crippen LogP contribution in [0.1, 0.15) is 30.3 Å². The van der Waals surface area contributed by atoms with Gasteiger partial charge < -0.3 is 24.0 Å². The molecule has 1 amide bonds. The summed E-state index contributed by atoms with van der Waals surface area (Å²) in [7, 11) is 1.41. The van der Waals surface area contributed by atoms with Crippen molar-refractivity contribution in [2.45, 2.75) is 32.0 Å². The van der Waals surface area contributed by atoms with Crippen LogP contribution < -0.4 is 9.64 Å². The predicted molar refractivity (Wildman–Crippen MR) is 154 cm³/mol. The number of hydrogen-bond acceptors (Lipinski definition) is 8. The maximum Gasteiger partial charge on any atom is 0.407 e. The number of anilines is 1. The molecule has 14 heteroatoms. The molecule has 1 saturated carbocycles. The number of carboxylic acid groups (broad SMARTS) is 1. The highest BCUT2D eigenvalue weighted by molar-refractivity contribution is 5.84. The fourth-order valence-corrected chi connectivity index (χ4v) is 7.24. The van der Waals surface area contributed by atoms with E-state index in [1.54, 1.807) is 41.2 Å². The lowest BCUT2D eigenvalue weighted by molar-refractivity contribution is -0.148. The molecule has 2 aromatic heterocycles. The van der Waals surface area contributed by atoms with E-state index in [4.69, 9.17) is 9.47 Å². The molecule has 4 heterocycles. The number of rotatable bonds is 6. The lowest BCUT2D eigenvalue weighted by Crippen LogP contribution is -2.45. The zero-order chi connectivity index (χ0) is 31.4. The van der Waals surface area contributed by atoms with E-state index in [1.807, 2.05) is 0 Å². The maximum atomic E-state index is 15.6. The van der Waals surface area contributed by atoms with Crippen molar-refractivity contribution < 1.29 is 37.3 Å². The minimum absolute atomic E-state index is 0.0589. The normalized spacial score (nSPS) is 22.5. The van der Waals surface area contributed by atoms with E-state index < -0.39 is 24.6 Å². The Balaban J connectivity index is 1.24. The second-order valence-corrected chi connectivity index (χ2v) is 11.6. The molecule has 2 bridgehead atoms. The van der Waals surface area contributed by atoms with Crippen LogP contribution in [0.4, 0.5) is 23.9 Å². The number of carbonyl (C=O) groups is 2. The van der Waals surface area contributed by atoms with Gasteiger partial charge in [0.25, 0.3) is 0 Å². The number of ether oxygens (including phenoxy) is 2. The molecule has 45 heavy (non-hydrogen) atoms. The average Bonchev–Trinajstić information content (AvgIpc) is 3.52. The molecule has 1 N–H and O–H groups in total. The number of imidazole rings is 1. The molecule has 4 aromatic rings. The SMILES string of the molecule is COC(=O)C1[C@@H]2CC[C@H]1CN(c1ncc(-c3cc4c(cc3F)nc3n4C(c4ccccc4OC(F)F)CN(C(=O)O)C3)cn1)C2. The smallest absolute Gasteiger partial charge is 0.407 e. The van der Waals surface area contributed by atoms with Crippen LogP contribution in [-0.2, 0) is 16.1 Å². The predicted octanol–water partition coefficient (Wildman–Crippen LogP) is 4.95. The minimum Gasteiger partial charge on any atom is -0.469 e.